The minimum Gasteiger partial charge on any atom is -0.308 e. The topological polar surface area (TPSA) is 61.4 Å². The predicted octanol–water partition coefficient (Wildman–Crippen LogP) is 4.95. The minimum absolute atomic E-state index is 0.0180. The number of carbonyl (C=O) groups excluding carboxylic acids is 2. The van der Waals surface area contributed by atoms with Crippen LogP contribution in [-0.4, -0.2) is 18.0 Å². The zero-order valence-electron chi connectivity index (χ0n) is 17.6. The van der Waals surface area contributed by atoms with Crippen LogP contribution in [0.1, 0.15) is 43.2 Å². The average molecular weight is 445 g/mol. The Morgan fingerprint density at radius 1 is 0.938 bits per heavy atom. The highest BCUT2D eigenvalue weighted by Crippen LogP contribution is 2.28. The van der Waals surface area contributed by atoms with Crippen LogP contribution in [0, 0.1) is 5.92 Å². The molecule has 0 spiro atoms. The van der Waals surface area contributed by atoms with Crippen molar-refractivity contribution in [1.82, 2.24) is 10.9 Å². The van der Waals surface area contributed by atoms with Gasteiger partial charge in [0.1, 0.15) is 0 Å². The molecule has 8 heteroatoms. The average Bonchev–Trinajstić information content (AvgIpc) is 2.81. The Hall–Kier alpha value is -3.29. The second-order valence-electron chi connectivity index (χ2n) is 7.85. The fourth-order valence-corrected chi connectivity index (χ4v) is 3.74. The van der Waals surface area contributed by atoms with Gasteiger partial charge < -0.3 is 4.90 Å². The van der Waals surface area contributed by atoms with Gasteiger partial charge in [0.2, 0.25) is 5.91 Å². The summed E-state index contributed by atoms with van der Waals surface area (Å²) >= 11 is 0. The Labute approximate surface area is 185 Å². The number of rotatable bonds is 7. The summed E-state index contributed by atoms with van der Waals surface area (Å²) < 4.78 is 36.9. The number of nitrogens with one attached hydrogen (secondary N) is 2. The van der Waals surface area contributed by atoms with Crippen molar-refractivity contribution in [2.75, 3.05) is 4.90 Å². The Morgan fingerprint density at radius 3 is 2.16 bits per heavy atom. The maximum atomic E-state index is 13.3. The highest BCUT2D eigenvalue weighted by molar-refractivity contribution is 5.95. The van der Waals surface area contributed by atoms with Crippen LogP contribution in [0.15, 0.2) is 61.2 Å². The largest absolute Gasteiger partial charge is 0.472 e. The molecule has 1 fully saturated rings. The van der Waals surface area contributed by atoms with Gasteiger partial charge >= 0.3 is 12.1 Å². The fraction of sp³-hybridized carbons (Fsp3) is 0.333. The molecule has 1 aliphatic rings. The Bertz CT molecular complexity index is 937. The van der Waals surface area contributed by atoms with E-state index in [1.54, 1.807) is 34.6 Å². The van der Waals surface area contributed by atoms with Crippen LogP contribution in [0.5, 0.6) is 0 Å². The number of para-hydroxylation sites is 1. The number of alkyl halides is 3. The molecule has 0 unspecified atom stereocenters. The van der Waals surface area contributed by atoms with Gasteiger partial charge in [0, 0.05) is 11.6 Å². The molecular weight excluding hydrogens is 419 g/mol. The predicted molar refractivity (Wildman–Crippen MR) is 117 cm³/mol. The second-order valence-corrected chi connectivity index (χ2v) is 7.85. The summed E-state index contributed by atoms with van der Waals surface area (Å²) in [6, 6.07) is 16.4. The molecule has 1 aliphatic carbocycles. The van der Waals surface area contributed by atoms with Crippen molar-refractivity contribution in [3.63, 3.8) is 0 Å². The summed E-state index contributed by atoms with van der Waals surface area (Å²) in [5.74, 6) is -1.97. The standard InChI is InChI=1S/C24H26F3N3O2/c1-17(28-29-23(32)24(25,26)27)19-14-12-18(13-15-19)16-30(21-10-6-3-7-11-21)22(31)20-8-4-2-5-9-20/h3,6-7,10-15,20,28H,1-2,4-5,8-9,16H2,(H,29,32). The zero-order chi connectivity index (χ0) is 23.1. The lowest BCUT2D eigenvalue weighted by Gasteiger charge is -2.29. The Kier molecular flexibility index (Phi) is 7.56. The van der Waals surface area contributed by atoms with E-state index in [0.29, 0.717) is 12.1 Å². The van der Waals surface area contributed by atoms with E-state index in [-0.39, 0.29) is 17.5 Å². The molecule has 2 N–H and O–H groups in total. The lowest BCUT2D eigenvalue weighted by atomic mass is 9.88. The SMILES string of the molecule is C=C(NNC(=O)C(F)(F)F)c1ccc(CN(C(=O)C2CCCCC2)c2ccccc2)cc1. The third kappa shape index (κ3) is 6.12. The van der Waals surface area contributed by atoms with E-state index < -0.39 is 12.1 Å². The van der Waals surface area contributed by atoms with E-state index in [2.05, 4.69) is 12.0 Å². The number of amides is 2. The number of anilines is 1. The van der Waals surface area contributed by atoms with E-state index in [1.807, 2.05) is 30.3 Å². The smallest absolute Gasteiger partial charge is 0.308 e. The zero-order valence-corrected chi connectivity index (χ0v) is 17.6. The first-order chi connectivity index (χ1) is 15.3. The molecule has 2 aromatic rings. The van der Waals surface area contributed by atoms with Gasteiger partial charge in [-0.3, -0.25) is 20.4 Å². The molecule has 0 aliphatic heterocycles. The first-order valence-corrected chi connectivity index (χ1v) is 10.5. The van der Waals surface area contributed by atoms with Crippen molar-refractivity contribution in [2.24, 2.45) is 5.92 Å². The molecule has 2 aromatic carbocycles. The number of carbonyl (C=O) groups is 2. The molecule has 2 amide bonds. The first-order valence-electron chi connectivity index (χ1n) is 10.5. The van der Waals surface area contributed by atoms with Gasteiger partial charge in [-0.05, 0) is 36.1 Å². The van der Waals surface area contributed by atoms with E-state index in [1.165, 1.54) is 0 Å². The van der Waals surface area contributed by atoms with Crippen LogP contribution in [0.25, 0.3) is 5.70 Å². The van der Waals surface area contributed by atoms with E-state index in [0.717, 1.165) is 43.4 Å². The van der Waals surface area contributed by atoms with Crippen molar-refractivity contribution >= 4 is 23.2 Å². The molecule has 0 atom stereocenters. The van der Waals surface area contributed by atoms with Crippen LogP contribution in [-0.2, 0) is 16.1 Å². The van der Waals surface area contributed by atoms with Crippen LogP contribution in [0.3, 0.4) is 0 Å². The maximum absolute atomic E-state index is 13.3. The molecule has 0 bridgehead atoms. The van der Waals surface area contributed by atoms with Crippen LogP contribution < -0.4 is 15.8 Å². The number of hydrogen-bond donors (Lipinski definition) is 2. The molecule has 32 heavy (non-hydrogen) atoms. The highest BCUT2D eigenvalue weighted by atomic mass is 19.4. The van der Waals surface area contributed by atoms with Gasteiger partial charge in [0.25, 0.3) is 0 Å². The monoisotopic (exact) mass is 445 g/mol. The minimum atomic E-state index is -4.98. The fourth-order valence-electron chi connectivity index (χ4n) is 3.74. The first kappa shape index (κ1) is 23.4. The van der Waals surface area contributed by atoms with Gasteiger partial charge in [-0.1, -0.05) is 68.3 Å². The second kappa shape index (κ2) is 10.3. The number of benzene rings is 2. The summed E-state index contributed by atoms with van der Waals surface area (Å²) in [5, 5.41) is 0. The molecule has 0 aromatic heterocycles. The van der Waals surface area contributed by atoms with Crippen molar-refractivity contribution in [3.8, 4) is 0 Å². The van der Waals surface area contributed by atoms with Crippen LogP contribution >= 0.6 is 0 Å². The van der Waals surface area contributed by atoms with Gasteiger partial charge in [0.15, 0.2) is 0 Å². The highest BCUT2D eigenvalue weighted by Gasteiger charge is 2.38. The summed E-state index contributed by atoms with van der Waals surface area (Å²) in [5.41, 5.74) is 6.08. The normalized spacial score (nSPS) is 14.5. The van der Waals surface area contributed by atoms with Gasteiger partial charge in [0.05, 0.1) is 12.2 Å². The van der Waals surface area contributed by atoms with E-state index in [9.17, 15) is 22.8 Å². The van der Waals surface area contributed by atoms with Crippen molar-refractivity contribution in [1.29, 1.82) is 0 Å². The molecule has 170 valence electrons. The van der Waals surface area contributed by atoms with Crippen LogP contribution in [0.4, 0.5) is 18.9 Å². The van der Waals surface area contributed by atoms with Crippen molar-refractivity contribution < 1.29 is 22.8 Å². The Balaban J connectivity index is 1.69. The van der Waals surface area contributed by atoms with E-state index in [4.69, 9.17) is 0 Å². The maximum Gasteiger partial charge on any atom is 0.472 e. The molecule has 0 heterocycles. The molecular formula is C24H26F3N3O2. The molecule has 5 nitrogen and oxygen atoms in total. The van der Waals surface area contributed by atoms with Gasteiger partial charge in [-0.15, -0.1) is 0 Å². The lowest BCUT2D eigenvalue weighted by molar-refractivity contribution is -0.174. The summed E-state index contributed by atoms with van der Waals surface area (Å²) in [6.07, 6.45) is 0.106. The van der Waals surface area contributed by atoms with E-state index >= 15 is 0 Å². The number of hydrogen-bond acceptors (Lipinski definition) is 3. The number of nitrogens with zero attached hydrogens (tertiary/aromatic N) is 1. The Morgan fingerprint density at radius 2 is 1.56 bits per heavy atom. The molecule has 0 radical (unpaired) electrons. The molecule has 0 saturated heterocycles. The molecule has 3 rings (SSSR count). The number of halogens is 3. The summed E-state index contributed by atoms with van der Waals surface area (Å²) in [7, 11) is 0. The van der Waals surface area contributed by atoms with Gasteiger partial charge in [-0.25, -0.2) is 0 Å². The quantitative estimate of drug-likeness (QED) is 0.593. The number of hydrazine groups is 1. The van der Waals surface area contributed by atoms with Crippen molar-refractivity contribution in [2.45, 2.75) is 44.8 Å². The summed E-state index contributed by atoms with van der Waals surface area (Å²) in [4.78, 5) is 26.0. The lowest BCUT2D eigenvalue weighted by Crippen LogP contribution is -2.44. The van der Waals surface area contributed by atoms with Crippen LogP contribution in [0.2, 0.25) is 0 Å². The third-order valence-corrected chi connectivity index (χ3v) is 5.52. The third-order valence-electron chi connectivity index (χ3n) is 5.52. The van der Waals surface area contributed by atoms with Crippen molar-refractivity contribution in [3.05, 3.63) is 72.3 Å². The van der Waals surface area contributed by atoms with Gasteiger partial charge in [-0.2, -0.15) is 13.2 Å². The molecule has 1 saturated carbocycles. The summed E-state index contributed by atoms with van der Waals surface area (Å²) in [6.45, 7) is 4.03.